The molecule has 0 bridgehead atoms. The van der Waals surface area contributed by atoms with Gasteiger partial charge in [-0.05, 0) is 53.9 Å². The van der Waals surface area contributed by atoms with Gasteiger partial charge in [-0.2, -0.15) is 4.36 Å². The van der Waals surface area contributed by atoms with Crippen molar-refractivity contribution in [2.75, 3.05) is 12.4 Å². The van der Waals surface area contributed by atoms with Crippen LogP contribution in [0.5, 0.6) is 0 Å². The number of unbranched alkanes of at least 4 members (excludes halogenated alkanes) is 1. The van der Waals surface area contributed by atoms with Gasteiger partial charge in [0.05, 0.1) is 21.9 Å². The van der Waals surface area contributed by atoms with Crippen LogP contribution in [0.3, 0.4) is 0 Å². The first-order chi connectivity index (χ1) is 12.9. The van der Waals surface area contributed by atoms with Gasteiger partial charge in [-0.25, -0.2) is 4.21 Å². The Balaban J connectivity index is 2.22. The fourth-order valence-corrected chi connectivity index (χ4v) is 4.71. The summed E-state index contributed by atoms with van der Waals surface area (Å²) >= 11 is 3.26. The molecule has 2 rings (SSSR count). The van der Waals surface area contributed by atoms with Crippen molar-refractivity contribution in [3.05, 3.63) is 58.8 Å². The molecule has 0 fully saturated rings. The number of carbonyl (C=O) groups excluding carboxylic acids is 2. The summed E-state index contributed by atoms with van der Waals surface area (Å²) in [5.74, 6) is -0.677. The standard InChI is InChI=1S/C19H21BrN2O4S/c1-2-26-18(23)10-6-7-11-27(25,17-8-4-3-5-9-17)22-19(24)15-12-16(20)14-21-13-15/h3-5,8-9,12-14H,2,6-7,10-11H2,1H3. The summed E-state index contributed by atoms with van der Waals surface area (Å²) in [7, 11) is -2.96. The van der Waals surface area contributed by atoms with Crippen LogP contribution in [0.1, 0.15) is 36.5 Å². The van der Waals surface area contributed by atoms with Crippen molar-refractivity contribution in [2.45, 2.75) is 31.1 Å². The molecule has 1 aromatic carbocycles. The molecule has 144 valence electrons. The number of ether oxygens (including phenoxy) is 1. The maximum absolute atomic E-state index is 13.5. The predicted molar refractivity (Wildman–Crippen MR) is 107 cm³/mol. The summed E-state index contributed by atoms with van der Waals surface area (Å²) in [6.07, 6.45) is 4.20. The molecule has 0 aliphatic rings. The fourth-order valence-electron chi connectivity index (χ4n) is 2.36. The highest BCUT2D eigenvalue weighted by Crippen LogP contribution is 2.19. The molecule has 0 saturated carbocycles. The molecule has 1 heterocycles. The number of carbonyl (C=O) groups is 2. The van der Waals surface area contributed by atoms with Gasteiger partial charge in [-0.3, -0.25) is 14.6 Å². The molecular weight excluding hydrogens is 432 g/mol. The fraction of sp³-hybridized carbons (Fsp3) is 0.316. The van der Waals surface area contributed by atoms with Crippen molar-refractivity contribution in [3.8, 4) is 0 Å². The van der Waals surface area contributed by atoms with Crippen molar-refractivity contribution >= 4 is 37.5 Å². The molecule has 0 spiro atoms. The molecule has 1 atom stereocenters. The Kier molecular flexibility index (Phi) is 8.12. The lowest BCUT2D eigenvalue weighted by Crippen LogP contribution is -2.11. The number of rotatable bonds is 8. The molecule has 0 N–H and O–H groups in total. The number of pyridine rings is 1. The number of esters is 1. The van der Waals surface area contributed by atoms with Crippen molar-refractivity contribution in [3.63, 3.8) is 0 Å². The lowest BCUT2D eigenvalue weighted by atomic mass is 10.2. The Morgan fingerprint density at radius 1 is 1.19 bits per heavy atom. The van der Waals surface area contributed by atoms with Crippen LogP contribution in [0.15, 0.2) is 62.5 Å². The molecule has 6 nitrogen and oxygen atoms in total. The first-order valence-electron chi connectivity index (χ1n) is 8.55. The number of amides is 1. The minimum atomic E-state index is -2.96. The molecule has 0 saturated heterocycles. The number of hydrogen-bond acceptors (Lipinski definition) is 5. The quantitative estimate of drug-likeness (QED) is 0.441. The van der Waals surface area contributed by atoms with Crippen LogP contribution in [0.2, 0.25) is 0 Å². The van der Waals surface area contributed by atoms with Gasteiger partial charge in [0.15, 0.2) is 0 Å². The van der Waals surface area contributed by atoms with Gasteiger partial charge in [-0.1, -0.05) is 18.2 Å². The number of halogens is 1. The van der Waals surface area contributed by atoms with Gasteiger partial charge in [0.2, 0.25) is 0 Å². The zero-order chi connectivity index (χ0) is 19.7. The topological polar surface area (TPSA) is 85.7 Å². The number of benzene rings is 1. The monoisotopic (exact) mass is 452 g/mol. The average molecular weight is 453 g/mol. The van der Waals surface area contributed by atoms with E-state index in [-0.39, 0.29) is 23.7 Å². The van der Waals surface area contributed by atoms with Gasteiger partial charge < -0.3 is 4.74 Å². The van der Waals surface area contributed by atoms with Gasteiger partial charge in [0.1, 0.15) is 0 Å². The molecule has 0 aliphatic carbocycles. The minimum Gasteiger partial charge on any atom is -0.466 e. The molecule has 1 amide bonds. The van der Waals surface area contributed by atoms with E-state index in [0.717, 1.165) is 0 Å². The van der Waals surface area contributed by atoms with E-state index in [1.165, 1.54) is 6.20 Å². The van der Waals surface area contributed by atoms with Crippen LogP contribution in [-0.4, -0.2) is 33.4 Å². The van der Waals surface area contributed by atoms with Crippen LogP contribution in [0, 0.1) is 0 Å². The second-order valence-corrected chi connectivity index (χ2v) is 8.97. The molecule has 2 aromatic rings. The van der Waals surface area contributed by atoms with Gasteiger partial charge in [0.25, 0.3) is 5.91 Å². The Bertz CT molecular complexity index is 909. The van der Waals surface area contributed by atoms with E-state index in [1.807, 2.05) is 6.07 Å². The summed E-state index contributed by atoms with van der Waals surface area (Å²) in [5, 5.41) is 0. The maximum Gasteiger partial charge on any atom is 0.305 e. The Labute approximate surface area is 167 Å². The van der Waals surface area contributed by atoms with E-state index < -0.39 is 15.6 Å². The lowest BCUT2D eigenvalue weighted by Gasteiger charge is -2.10. The third kappa shape index (κ3) is 6.55. The second kappa shape index (κ2) is 10.3. The lowest BCUT2D eigenvalue weighted by molar-refractivity contribution is -0.143. The highest BCUT2D eigenvalue weighted by Gasteiger charge is 2.17. The van der Waals surface area contributed by atoms with E-state index in [0.29, 0.717) is 28.8 Å². The molecule has 27 heavy (non-hydrogen) atoms. The summed E-state index contributed by atoms with van der Waals surface area (Å²) in [5.41, 5.74) is 0.263. The number of aromatic nitrogens is 1. The molecule has 8 heteroatoms. The van der Waals surface area contributed by atoms with Crippen LogP contribution in [0.25, 0.3) is 0 Å². The zero-order valence-corrected chi connectivity index (χ0v) is 17.4. The van der Waals surface area contributed by atoms with Gasteiger partial charge in [-0.15, -0.1) is 0 Å². The normalized spacial score (nSPS) is 12.8. The predicted octanol–water partition coefficient (Wildman–Crippen LogP) is 4.24. The largest absolute Gasteiger partial charge is 0.466 e. The van der Waals surface area contributed by atoms with Crippen molar-refractivity contribution in [2.24, 2.45) is 4.36 Å². The van der Waals surface area contributed by atoms with Crippen LogP contribution in [-0.2, 0) is 19.3 Å². The third-order valence-electron chi connectivity index (χ3n) is 3.65. The summed E-state index contributed by atoms with van der Waals surface area (Å²) in [4.78, 5) is 28.4. The summed E-state index contributed by atoms with van der Waals surface area (Å²) < 4.78 is 23.1. The van der Waals surface area contributed by atoms with E-state index >= 15 is 0 Å². The van der Waals surface area contributed by atoms with Crippen molar-refractivity contribution in [1.29, 1.82) is 0 Å². The average Bonchev–Trinajstić information content (AvgIpc) is 2.66. The van der Waals surface area contributed by atoms with Crippen LogP contribution < -0.4 is 0 Å². The molecule has 1 aromatic heterocycles. The third-order valence-corrected chi connectivity index (χ3v) is 6.40. The van der Waals surface area contributed by atoms with Crippen molar-refractivity contribution < 1.29 is 18.5 Å². The van der Waals surface area contributed by atoms with Crippen LogP contribution in [0.4, 0.5) is 0 Å². The van der Waals surface area contributed by atoms with E-state index in [9.17, 15) is 13.8 Å². The Hall–Kier alpha value is -2.06. The smallest absolute Gasteiger partial charge is 0.305 e. The van der Waals surface area contributed by atoms with E-state index in [1.54, 1.807) is 43.5 Å². The molecule has 0 aliphatic heterocycles. The SMILES string of the molecule is CCOC(=O)CCCCS(=O)(=NC(=O)c1cncc(Br)c1)c1ccccc1. The summed E-state index contributed by atoms with van der Waals surface area (Å²) in [6.45, 7) is 2.09. The second-order valence-electron chi connectivity index (χ2n) is 5.71. The van der Waals surface area contributed by atoms with Crippen molar-refractivity contribution in [1.82, 2.24) is 4.98 Å². The highest BCUT2D eigenvalue weighted by molar-refractivity contribution is 9.10. The molecular formula is C19H21BrN2O4S. The molecule has 0 radical (unpaired) electrons. The van der Waals surface area contributed by atoms with E-state index in [4.69, 9.17) is 4.74 Å². The Morgan fingerprint density at radius 2 is 1.93 bits per heavy atom. The first kappa shape index (κ1) is 21.2. The zero-order valence-electron chi connectivity index (χ0n) is 15.0. The number of nitrogens with zero attached hydrogens (tertiary/aromatic N) is 2. The highest BCUT2D eigenvalue weighted by atomic mass is 79.9. The summed E-state index contributed by atoms with van der Waals surface area (Å²) in [6, 6.07) is 10.3. The van der Waals surface area contributed by atoms with Crippen LogP contribution >= 0.6 is 15.9 Å². The maximum atomic E-state index is 13.5. The Morgan fingerprint density at radius 3 is 2.59 bits per heavy atom. The van der Waals surface area contributed by atoms with Gasteiger partial charge in [0, 0.05) is 33.9 Å². The van der Waals surface area contributed by atoms with Gasteiger partial charge >= 0.3 is 5.97 Å². The van der Waals surface area contributed by atoms with E-state index in [2.05, 4.69) is 25.3 Å². The molecule has 1 unspecified atom stereocenters. The minimum absolute atomic E-state index is 0.184. The first-order valence-corrected chi connectivity index (χ1v) is 11.0. The number of hydrogen-bond donors (Lipinski definition) is 0.